The van der Waals surface area contributed by atoms with Gasteiger partial charge in [0.25, 0.3) is 23.6 Å². The van der Waals surface area contributed by atoms with E-state index in [4.69, 9.17) is 9.47 Å². The molecule has 2 aliphatic rings. The van der Waals surface area contributed by atoms with Crippen molar-refractivity contribution < 1.29 is 38.2 Å². The largest absolute Gasteiger partial charge is 0.461 e. The molecule has 0 saturated carbocycles. The molecule has 0 radical (unpaired) electrons. The molecule has 192 valence electrons. The topological polar surface area (TPSA) is 127 Å². The Morgan fingerprint density at radius 1 is 0.600 bits per heavy atom. The van der Waals surface area contributed by atoms with Crippen molar-refractivity contribution in [3.05, 3.63) is 24.3 Å². The number of rotatable bonds is 16. The molecule has 2 heterocycles. The van der Waals surface area contributed by atoms with Gasteiger partial charge in [0.15, 0.2) is 0 Å². The van der Waals surface area contributed by atoms with Gasteiger partial charge in [-0.3, -0.25) is 38.6 Å². The van der Waals surface area contributed by atoms with Crippen molar-refractivity contribution in [2.45, 2.75) is 83.8 Å². The van der Waals surface area contributed by atoms with E-state index < -0.39 is 35.8 Å². The second kappa shape index (κ2) is 14.2. The van der Waals surface area contributed by atoms with Gasteiger partial charge >= 0.3 is 11.9 Å². The van der Waals surface area contributed by atoms with E-state index in [9.17, 15) is 28.8 Å². The molecule has 4 amide bonds. The number of carbonyl (C=O) groups is 6. The molecule has 0 aromatic heterocycles. The minimum absolute atomic E-state index is 0.0537. The standard InChI is InChI=1S/C25H34N2O8/c1-18(16-26-20(28)12-13-21(26)29)34-24(32)10-8-6-4-3-5-7-9-11-25(33)35-19(2)17-27-22(30)14-15-23(27)31/h12-15,18-19H,3-11,16-17H2,1-2H3. The summed E-state index contributed by atoms with van der Waals surface area (Å²) in [6.45, 7) is 3.41. The Balaban J connectivity index is 1.42. The van der Waals surface area contributed by atoms with Crippen LogP contribution in [-0.2, 0) is 38.2 Å². The van der Waals surface area contributed by atoms with Crippen molar-refractivity contribution in [2.24, 2.45) is 0 Å². The molecule has 2 rings (SSSR count). The number of esters is 2. The van der Waals surface area contributed by atoms with Gasteiger partial charge in [-0.25, -0.2) is 0 Å². The van der Waals surface area contributed by atoms with Gasteiger partial charge in [0, 0.05) is 37.1 Å². The molecular weight excluding hydrogens is 456 g/mol. The summed E-state index contributed by atoms with van der Waals surface area (Å²) in [5, 5.41) is 0. The summed E-state index contributed by atoms with van der Waals surface area (Å²) in [6.07, 6.45) is 10.4. The number of hydrogen-bond acceptors (Lipinski definition) is 8. The quantitative estimate of drug-likeness (QED) is 0.183. The predicted molar refractivity (Wildman–Crippen MR) is 124 cm³/mol. The van der Waals surface area contributed by atoms with Crippen molar-refractivity contribution >= 4 is 35.6 Å². The lowest BCUT2D eigenvalue weighted by Crippen LogP contribution is -2.37. The lowest BCUT2D eigenvalue weighted by molar-refractivity contribution is -0.152. The lowest BCUT2D eigenvalue weighted by Gasteiger charge is -2.19. The minimum atomic E-state index is -0.549. The maximum atomic E-state index is 11.9. The summed E-state index contributed by atoms with van der Waals surface area (Å²) in [5.41, 5.74) is 0. The van der Waals surface area contributed by atoms with E-state index in [1.165, 1.54) is 24.3 Å². The maximum Gasteiger partial charge on any atom is 0.306 e. The van der Waals surface area contributed by atoms with Crippen molar-refractivity contribution in [2.75, 3.05) is 13.1 Å². The number of hydrogen-bond donors (Lipinski definition) is 0. The van der Waals surface area contributed by atoms with Gasteiger partial charge in [-0.2, -0.15) is 0 Å². The fourth-order valence-corrected chi connectivity index (χ4v) is 3.80. The number of imide groups is 2. The second-order valence-electron chi connectivity index (χ2n) is 8.82. The molecule has 35 heavy (non-hydrogen) atoms. The first kappa shape index (κ1) is 27.9. The molecule has 0 spiro atoms. The highest BCUT2D eigenvalue weighted by Crippen LogP contribution is 2.13. The van der Waals surface area contributed by atoms with Crippen molar-refractivity contribution in [3.63, 3.8) is 0 Å². The van der Waals surface area contributed by atoms with E-state index in [-0.39, 0.29) is 25.0 Å². The van der Waals surface area contributed by atoms with E-state index in [2.05, 4.69) is 0 Å². The first-order valence-corrected chi connectivity index (χ1v) is 12.1. The highest BCUT2D eigenvalue weighted by Gasteiger charge is 2.27. The molecular formula is C25H34N2O8. The van der Waals surface area contributed by atoms with Crippen LogP contribution in [0.2, 0.25) is 0 Å². The monoisotopic (exact) mass is 490 g/mol. The van der Waals surface area contributed by atoms with Crippen LogP contribution in [-0.4, -0.2) is 70.7 Å². The van der Waals surface area contributed by atoms with Gasteiger partial charge in [0.2, 0.25) is 0 Å². The number of amides is 4. The first-order valence-electron chi connectivity index (χ1n) is 12.1. The molecule has 2 unspecified atom stereocenters. The third-order valence-corrected chi connectivity index (χ3v) is 5.61. The summed E-state index contributed by atoms with van der Waals surface area (Å²) in [7, 11) is 0. The third-order valence-electron chi connectivity index (χ3n) is 5.61. The Bertz CT molecular complexity index is 773. The van der Waals surface area contributed by atoms with Gasteiger partial charge in [0.05, 0.1) is 13.1 Å². The smallest absolute Gasteiger partial charge is 0.306 e. The Labute approximate surface area is 205 Å². The number of nitrogens with zero attached hydrogens (tertiary/aromatic N) is 2. The van der Waals surface area contributed by atoms with Gasteiger partial charge in [-0.05, 0) is 26.7 Å². The Morgan fingerprint density at radius 3 is 1.20 bits per heavy atom. The summed E-state index contributed by atoms with van der Waals surface area (Å²) >= 11 is 0. The molecule has 2 aliphatic heterocycles. The zero-order chi connectivity index (χ0) is 25.8. The fourth-order valence-electron chi connectivity index (χ4n) is 3.80. The summed E-state index contributed by atoms with van der Waals surface area (Å²) in [4.78, 5) is 72.1. The van der Waals surface area contributed by atoms with E-state index in [0.29, 0.717) is 25.7 Å². The zero-order valence-corrected chi connectivity index (χ0v) is 20.4. The average molecular weight is 491 g/mol. The van der Waals surface area contributed by atoms with E-state index in [0.717, 1.165) is 41.9 Å². The van der Waals surface area contributed by atoms with E-state index in [1.54, 1.807) is 13.8 Å². The third kappa shape index (κ3) is 9.84. The van der Waals surface area contributed by atoms with Crippen molar-refractivity contribution in [1.82, 2.24) is 9.80 Å². The maximum absolute atomic E-state index is 11.9. The Kier molecular flexibility index (Phi) is 11.3. The molecule has 0 fully saturated rings. The molecule has 0 aromatic rings. The predicted octanol–water partition coefficient (Wildman–Crippen LogP) is 2.21. The average Bonchev–Trinajstić information content (AvgIpc) is 3.28. The van der Waals surface area contributed by atoms with E-state index >= 15 is 0 Å². The summed E-state index contributed by atoms with van der Waals surface area (Å²) in [6, 6.07) is 0. The van der Waals surface area contributed by atoms with Gasteiger partial charge < -0.3 is 9.47 Å². The second-order valence-corrected chi connectivity index (χ2v) is 8.82. The van der Waals surface area contributed by atoms with Crippen LogP contribution in [0.3, 0.4) is 0 Å². The zero-order valence-electron chi connectivity index (χ0n) is 20.4. The number of unbranched alkanes of at least 4 members (excludes halogenated alkanes) is 6. The van der Waals surface area contributed by atoms with Gasteiger partial charge in [-0.15, -0.1) is 0 Å². The molecule has 0 saturated heterocycles. The molecule has 0 aromatic carbocycles. The minimum Gasteiger partial charge on any atom is -0.461 e. The van der Waals surface area contributed by atoms with Gasteiger partial charge in [-0.1, -0.05) is 32.1 Å². The van der Waals surface area contributed by atoms with Crippen LogP contribution in [0.25, 0.3) is 0 Å². The summed E-state index contributed by atoms with van der Waals surface area (Å²) < 4.78 is 10.5. The van der Waals surface area contributed by atoms with Crippen LogP contribution < -0.4 is 0 Å². The molecule has 2 atom stereocenters. The van der Waals surface area contributed by atoms with Crippen molar-refractivity contribution in [1.29, 1.82) is 0 Å². The molecule has 0 aliphatic carbocycles. The lowest BCUT2D eigenvalue weighted by atomic mass is 10.1. The van der Waals surface area contributed by atoms with Gasteiger partial charge in [0.1, 0.15) is 12.2 Å². The highest BCUT2D eigenvalue weighted by atomic mass is 16.5. The molecule has 10 nitrogen and oxygen atoms in total. The highest BCUT2D eigenvalue weighted by molar-refractivity contribution is 6.13. The van der Waals surface area contributed by atoms with Crippen LogP contribution in [0, 0.1) is 0 Å². The Hall–Kier alpha value is -3.30. The molecule has 10 heteroatoms. The summed E-state index contributed by atoms with van der Waals surface area (Å²) in [5.74, 6) is -2.26. The first-order chi connectivity index (χ1) is 16.7. The van der Waals surface area contributed by atoms with Crippen molar-refractivity contribution in [3.8, 4) is 0 Å². The number of carbonyl (C=O) groups excluding carboxylic acids is 6. The van der Waals surface area contributed by atoms with Crippen LogP contribution in [0.1, 0.15) is 71.6 Å². The number of ether oxygens (including phenoxy) is 2. The Morgan fingerprint density at radius 2 is 0.886 bits per heavy atom. The van der Waals surface area contributed by atoms with Crippen LogP contribution >= 0.6 is 0 Å². The van der Waals surface area contributed by atoms with E-state index in [1.807, 2.05) is 0 Å². The van der Waals surface area contributed by atoms with Crippen LogP contribution in [0.5, 0.6) is 0 Å². The van der Waals surface area contributed by atoms with Crippen LogP contribution in [0.15, 0.2) is 24.3 Å². The molecule has 0 N–H and O–H groups in total. The molecule has 0 bridgehead atoms. The van der Waals surface area contributed by atoms with Crippen LogP contribution in [0.4, 0.5) is 0 Å². The normalized spacial score (nSPS) is 16.9. The fraction of sp³-hybridized carbons (Fsp3) is 0.600. The SMILES string of the molecule is CC(CN1C(=O)C=CC1=O)OC(=O)CCCCCCCCCC(=O)OC(C)CN1C(=O)C=CC1=O.